The lowest BCUT2D eigenvalue weighted by molar-refractivity contribution is -0.155. The van der Waals surface area contributed by atoms with Crippen molar-refractivity contribution < 1.29 is 23.9 Å². The summed E-state index contributed by atoms with van der Waals surface area (Å²) in [6.45, 7) is 12.0. The third kappa shape index (κ3) is 7.25. The van der Waals surface area contributed by atoms with Crippen molar-refractivity contribution in [2.24, 2.45) is 17.8 Å². The number of hydrogen-bond donors (Lipinski definition) is 0. The number of ether oxygens (including phenoxy) is 2. The van der Waals surface area contributed by atoms with Crippen LogP contribution in [0.1, 0.15) is 54.9 Å². The Hall–Kier alpha value is -1.39. The smallest absolute Gasteiger partial charge is 0.302 e. The molecule has 0 rings (SSSR count). The van der Waals surface area contributed by atoms with Crippen LogP contribution >= 0.6 is 0 Å². The Labute approximate surface area is 127 Å². The predicted molar refractivity (Wildman–Crippen MR) is 79.6 cm³/mol. The Morgan fingerprint density at radius 1 is 0.810 bits per heavy atom. The highest BCUT2D eigenvalue weighted by Gasteiger charge is 2.31. The predicted octanol–water partition coefficient (Wildman–Crippen LogP) is 2.76. The molecule has 21 heavy (non-hydrogen) atoms. The molecule has 0 amide bonds. The van der Waals surface area contributed by atoms with Crippen molar-refractivity contribution in [3.05, 3.63) is 0 Å². The highest BCUT2D eigenvalue weighted by atomic mass is 16.5. The molecule has 0 aromatic heterocycles. The van der Waals surface area contributed by atoms with Crippen LogP contribution in [-0.4, -0.2) is 29.9 Å². The number of esters is 2. The topological polar surface area (TPSA) is 69.7 Å². The van der Waals surface area contributed by atoms with Gasteiger partial charge in [0.1, 0.15) is 18.0 Å². The zero-order valence-corrected chi connectivity index (χ0v) is 14.1. The minimum atomic E-state index is -0.458. The van der Waals surface area contributed by atoms with E-state index in [0.29, 0.717) is 0 Å². The van der Waals surface area contributed by atoms with Crippen LogP contribution < -0.4 is 0 Å². The van der Waals surface area contributed by atoms with Crippen LogP contribution in [0.15, 0.2) is 0 Å². The maximum absolute atomic E-state index is 12.4. The van der Waals surface area contributed by atoms with Gasteiger partial charge in [-0.2, -0.15) is 0 Å². The summed E-state index contributed by atoms with van der Waals surface area (Å²) < 4.78 is 10.4. The molecule has 5 heteroatoms. The molecule has 0 spiro atoms. The van der Waals surface area contributed by atoms with Crippen molar-refractivity contribution in [1.82, 2.24) is 0 Å². The summed E-state index contributed by atoms with van der Waals surface area (Å²) in [7, 11) is 0. The Kier molecular flexibility index (Phi) is 8.22. The first-order chi connectivity index (χ1) is 9.56. The number of hydrogen-bond acceptors (Lipinski definition) is 5. The monoisotopic (exact) mass is 300 g/mol. The van der Waals surface area contributed by atoms with Gasteiger partial charge in [-0.1, -0.05) is 34.6 Å². The lowest BCUT2D eigenvalue weighted by Crippen LogP contribution is -2.37. The van der Waals surface area contributed by atoms with Gasteiger partial charge in [-0.05, 0) is 11.8 Å². The van der Waals surface area contributed by atoms with Crippen molar-refractivity contribution >= 4 is 17.7 Å². The van der Waals surface area contributed by atoms with Gasteiger partial charge in [0.2, 0.25) is 0 Å². The molecule has 0 saturated heterocycles. The zero-order chi connectivity index (χ0) is 16.7. The van der Waals surface area contributed by atoms with Gasteiger partial charge in [0, 0.05) is 20.3 Å². The molecule has 0 N–H and O–H groups in total. The third-order valence-corrected chi connectivity index (χ3v) is 3.42. The van der Waals surface area contributed by atoms with Gasteiger partial charge >= 0.3 is 11.9 Å². The fourth-order valence-electron chi connectivity index (χ4n) is 2.20. The van der Waals surface area contributed by atoms with Crippen LogP contribution in [0.2, 0.25) is 0 Å². The summed E-state index contributed by atoms with van der Waals surface area (Å²) in [5, 5.41) is 0. The van der Waals surface area contributed by atoms with E-state index in [9.17, 15) is 14.4 Å². The van der Waals surface area contributed by atoms with Crippen LogP contribution in [0.25, 0.3) is 0 Å². The molecular formula is C16H28O5. The van der Waals surface area contributed by atoms with E-state index >= 15 is 0 Å². The van der Waals surface area contributed by atoms with Crippen molar-refractivity contribution in [1.29, 1.82) is 0 Å². The summed E-state index contributed by atoms with van der Waals surface area (Å²) in [4.78, 5) is 34.6. The van der Waals surface area contributed by atoms with Gasteiger partial charge in [-0.3, -0.25) is 14.4 Å². The summed E-state index contributed by atoms with van der Waals surface area (Å²) in [6, 6.07) is 0. The second kappa shape index (κ2) is 8.80. The summed E-state index contributed by atoms with van der Waals surface area (Å²) >= 11 is 0. The number of carbonyl (C=O) groups excluding carboxylic acids is 3. The van der Waals surface area contributed by atoms with Gasteiger partial charge < -0.3 is 9.47 Å². The molecule has 0 aliphatic carbocycles. The van der Waals surface area contributed by atoms with E-state index in [0.717, 1.165) is 0 Å². The van der Waals surface area contributed by atoms with E-state index in [1.54, 1.807) is 6.92 Å². The van der Waals surface area contributed by atoms with Crippen molar-refractivity contribution in [3.63, 3.8) is 0 Å². The molecule has 0 aromatic carbocycles. The van der Waals surface area contributed by atoms with Gasteiger partial charge in [-0.25, -0.2) is 0 Å². The van der Waals surface area contributed by atoms with Gasteiger partial charge in [0.15, 0.2) is 0 Å². The van der Waals surface area contributed by atoms with E-state index in [-0.39, 0.29) is 24.0 Å². The molecule has 0 radical (unpaired) electrons. The lowest BCUT2D eigenvalue weighted by Gasteiger charge is -2.28. The maximum Gasteiger partial charge on any atom is 0.302 e. The minimum absolute atomic E-state index is 0.0408. The fraction of sp³-hybridized carbons (Fsp3) is 0.812. The molecule has 0 saturated carbocycles. The zero-order valence-electron chi connectivity index (χ0n) is 14.1. The fourth-order valence-corrected chi connectivity index (χ4v) is 2.20. The van der Waals surface area contributed by atoms with Crippen LogP contribution in [0.5, 0.6) is 0 Å². The maximum atomic E-state index is 12.4. The summed E-state index contributed by atoms with van der Waals surface area (Å²) in [5.74, 6) is -1.18. The van der Waals surface area contributed by atoms with E-state index in [2.05, 4.69) is 0 Å². The molecule has 0 bridgehead atoms. The van der Waals surface area contributed by atoms with E-state index in [1.807, 2.05) is 27.7 Å². The molecule has 0 aliphatic rings. The number of rotatable bonds is 8. The first kappa shape index (κ1) is 19.6. The highest BCUT2D eigenvalue weighted by molar-refractivity contribution is 5.82. The second-order valence-electron chi connectivity index (χ2n) is 6.17. The van der Waals surface area contributed by atoms with Gasteiger partial charge in [-0.15, -0.1) is 0 Å². The average Bonchev–Trinajstić information content (AvgIpc) is 2.32. The van der Waals surface area contributed by atoms with Crippen LogP contribution in [0, 0.1) is 17.8 Å². The molecule has 122 valence electrons. The second-order valence-corrected chi connectivity index (χ2v) is 6.17. The van der Waals surface area contributed by atoms with E-state index in [4.69, 9.17) is 9.47 Å². The molecule has 0 aliphatic heterocycles. The van der Waals surface area contributed by atoms with Crippen LogP contribution in [0.3, 0.4) is 0 Å². The normalized spacial score (nSPS) is 15.5. The summed E-state index contributed by atoms with van der Waals surface area (Å²) in [6.07, 6.45) is -0.758. The Bertz CT molecular complexity index is 373. The molecule has 0 fully saturated rings. The van der Waals surface area contributed by atoms with Gasteiger partial charge in [0.05, 0.1) is 5.92 Å². The SMILES string of the molecule is CC(=O)O[C@@H](CC(=O)[C@@H](C)[C@H](OC(C)=O)C(C)C)C(C)C. The van der Waals surface area contributed by atoms with Crippen LogP contribution in [0.4, 0.5) is 0 Å². The van der Waals surface area contributed by atoms with E-state index < -0.39 is 30.1 Å². The van der Waals surface area contributed by atoms with Crippen molar-refractivity contribution in [3.8, 4) is 0 Å². The minimum Gasteiger partial charge on any atom is -0.462 e. The highest BCUT2D eigenvalue weighted by Crippen LogP contribution is 2.22. The molecule has 0 aromatic rings. The molecule has 3 atom stereocenters. The Balaban J connectivity index is 4.86. The van der Waals surface area contributed by atoms with E-state index in [1.165, 1.54) is 13.8 Å². The van der Waals surface area contributed by atoms with Crippen molar-refractivity contribution in [2.75, 3.05) is 0 Å². The molecule has 0 heterocycles. The quantitative estimate of drug-likeness (QED) is 0.645. The third-order valence-electron chi connectivity index (χ3n) is 3.42. The first-order valence-corrected chi connectivity index (χ1v) is 7.43. The number of carbonyl (C=O) groups is 3. The lowest BCUT2D eigenvalue weighted by atomic mass is 9.87. The van der Waals surface area contributed by atoms with Crippen molar-refractivity contribution in [2.45, 2.75) is 67.1 Å². The number of Topliss-reactive ketones (excluding diaryl/α,β-unsaturated/α-hetero) is 1. The average molecular weight is 300 g/mol. The molecular weight excluding hydrogens is 272 g/mol. The Morgan fingerprint density at radius 2 is 1.29 bits per heavy atom. The molecule has 5 nitrogen and oxygen atoms in total. The Morgan fingerprint density at radius 3 is 1.62 bits per heavy atom. The van der Waals surface area contributed by atoms with Crippen LogP contribution in [-0.2, 0) is 23.9 Å². The standard InChI is InChI=1S/C16H28O5/c1-9(2)15(20-12(6)17)8-14(19)11(5)16(10(3)4)21-13(7)18/h9-11,15-16H,8H2,1-7H3/t11-,15+,16-/m1/s1. The largest absolute Gasteiger partial charge is 0.462 e. The molecule has 0 unspecified atom stereocenters. The van der Waals surface area contributed by atoms with Gasteiger partial charge in [0.25, 0.3) is 0 Å². The number of ketones is 1. The summed E-state index contributed by atoms with van der Waals surface area (Å²) in [5.41, 5.74) is 0. The first-order valence-electron chi connectivity index (χ1n) is 7.43.